The molecule has 7 nitrogen and oxygen atoms in total. The standard InChI is InChI=1S/C16H19ClN2O5S/c17-14-4-3-12(19-15(21)5-7-25(19,23)24)8-13(14)16(22)18-6-1-2-11(9-18)10-20/h3-4,8,11,20H,1-2,5-7,9-10H2. The van der Waals surface area contributed by atoms with E-state index in [1.165, 1.54) is 18.2 Å². The van der Waals surface area contributed by atoms with E-state index in [2.05, 4.69) is 0 Å². The molecule has 1 aromatic rings. The van der Waals surface area contributed by atoms with Crippen molar-refractivity contribution in [3.8, 4) is 0 Å². The topological polar surface area (TPSA) is 95.0 Å². The molecule has 1 N–H and O–H groups in total. The summed E-state index contributed by atoms with van der Waals surface area (Å²) in [5.74, 6) is -1.05. The second-order valence-corrected chi connectivity index (χ2v) is 8.67. The third-order valence-electron chi connectivity index (χ3n) is 4.56. The van der Waals surface area contributed by atoms with Crippen molar-refractivity contribution in [2.45, 2.75) is 19.3 Å². The van der Waals surface area contributed by atoms with Crippen LogP contribution in [-0.2, 0) is 14.8 Å². The number of hydrogen-bond donors (Lipinski definition) is 1. The molecule has 136 valence electrons. The number of rotatable bonds is 3. The van der Waals surface area contributed by atoms with Gasteiger partial charge in [-0.1, -0.05) is 11.6 Å². The first-order valence-electron chi connectivity index (χ1n) is 8.09. The highest BCUT2D eigenvalue weighted by Crippen LogP contribution is 2.30. The van der Waals surface area contributed by atoms with Gasteiger partial charge in [-0.2, -0.15) is 0 Å². The third kappa shape index (κ3) is 3.51. The van der Waals surface area contributed by atoms with Crippen molar-refractivity contribution < 1.29 is 23.1 Å². The molecule has 0 aromatic heterocycles. The normalized spacial score (nSPS) is 23.1. The number of sulfonamides is 1. The zero-order valence-electron chi connectivity index (χ0n) is 13.5. The number of benzene rings is 1. The number of piperidine rings is 1. The van der Waals surface area contributed by atoms with Crippen molar-refractivity contribution >= 4 is 39.1 Å². The van der Waals surface area contributed by atoms with Gasteiger partial charge in [-0.05, 0) is 37.0 Å². The Labute approximate surface area is 151 Å². The molecular formula is C16H19ClN2O5S. The summed E-state index contributed by atoms with van der Waals surface area (Å²) in [5, 5.41) is 9.51. The van der Waals surface area contributed by atoms with E-state index in [1.807, 2.05) is 0 Å². The summed E-state index contributed by atoms with van der Waals surface area (Å²) in [4.78, 5) is 26.3. The minimum absolute atomic E-state index is 0.0120. The number of likely N-dealkylation sites (tertiary alicyclic amines) is 1. The average molecular weight is 387 g/mol. The zero-order valence-corrected chi connectivity index (χ0v) is 15.1. The van der Waals surface area contributed by atoms with Crippen LogP contribution >= 0.6 is 11.6 Å². The predicted molar refractivity (Wildman–Crippen MR) is 93.1 cm³/mol. The van der Waals surface area contributed by atoms with Crippen LogP contribution in [-0.4, -0.2) is 55.7 Å². The fraction of sp³-hybridized carbons (Fsp3) is 0.500. The highest BCUT2D eigenvalue weighted by Gasteiger charge is 2.37. The van der Waals surface area contributed by atoms with Crippen LogP contribution in [0.2, 0.25) is 5.02 Å². The summed E-state index contributed by atoms with van der Waals surface area (Å²) in [6.45, 7) is 0.992. The van der Waals surface area contributed by atoms with Gasteiger partial charge in [0.15, 0.2) is 0 Å². The number of anilines is 1. The summed E-state index contributed by atoms with van der Waals surface area (Å²) >= 11 is 6.14. The van der Waals surface area contributed by atoms with Crippen LogP contribution in [0.1, 0.15) is 29.6 Å². The van der Waals surface area contributed by atoms with E-state index in [4.69, 9.17) is 11.6 Å². The maximum atomic E-state index is 12.8. The molecule has 2 fully saturated rings. The quantitative estimate of drug-likeness (QED) is 0.843. The smallest absolute Gasteiger partial charge is 0.255 e. The second-order valence-electron chi connectivity index (χ2n) is 6.33. The lowest BCUT2D eigenvalue weighted by Crippen LogP contribution is -2.41. The SMILES string of the molecule is O=C(c1cc(N2C(=O)CCS2(=O)=O)ccc1Cl)N1CCCC(CO)C1. The van der Waals surface area contributed by atoms with Gasteiger partial charge >= 0.3 is 0 Å². The van der Waals surface area contributed by atoms with Crippen LogP contribution in [0.25, 0.3) is 0 Å². The Kier molecular flexibility index (Phi) is 5.04. The molecule has 1 aromatic carbocycles. The van der Waals surface area contributed by atoms with Gasteiger partial charge in [0, 0.05) is 26.1 Å². The molecule has 0 radical (unpaired) electrons. The molecule has 2 heterocycles. The number of aliphatic hydroxyl groups is 1. The van der Waals surface area contributed by atoms with E-state index < -0.39 is 15.9 Å². The number of amides is 2. The van der Waals surface area contributed by atoms with Gasteiger partial charge in [0.05, 0.1) is 22.0 Å². The molecule has 0 aliphatic carbocycles. The number of nitrogens with zero attached hydrogens (tertiary/aromatic N) is 2. The lowest BCUT2D eigenvalue weighted by molar-refractivity contribution is -0.116. The summed E-state index contributed by atoms with van der Waals surface area (Å²) in [5.41, 5.74) is 0.290. The first-order chi connectivity index (χ1) is 11.8. The van der Waals surface area contributed by atoms with Crippen LogP contribution in [0, 0.1) is 5.92 Å². The lowest BCUT2D eigenvalue weighted by atomic mass is 9.98. The maximum absolute atomic E-state index is 12.8. The molecule has 0 spiro atoms. The maximum Gasteiger partial charge on any atom is 0.255 e. The summed E-state index contributed by atoms with van der Waals surface area (Å²) in [7, 11) is -3.70. The van der Waals surface area contributed by atoms with Gasteiger partial charge in [0.2, 0.25) is 15.9 Å². The van der Waals surface area contributed by atoms with E-state index in [1.54, 1.807) is 4.90 Å². The van der Waals surface area contributed by atoms with Crippen LogP contribution in [0.15, 0.2) is 18.2 Å². The lowest BCUT2D eigenvalue weighted by Gasteiger charge is -2.32. The number of hydrogen-bond acceptors (Lipinski definition) is 5. The van der Waals surface area contributed by atoms with Crippen molar-refractivity contribution in [1.29, 1.82) is 0 Å². The van der Waals surface area contributed by atoms with E-state index in [0.29, 0.717) is 13.1 Å². The van der Waals surface area contributed by atoms with E-state index in [0.717, 1.165) is 17.1 Å². The second kappa shape index (κ2) is 6.93. The van der Waals surface area contributed by atoms with Crippen LogP contribution in [0.4, 0.5) is 5.69 Å². The molecule has 9 heteroatoms. The molecule has 25 heavy (non-hydrogen) atoms. The first-order valence-corrected chi connectivity index (χ1v) is 10.1. The fourth-order valence-electron chi connectivity index (χ4n) is 3.24. The molecule has 3 rings (SSSR count). The predicted octanol–water partition coefficient (Wildman–Crippen LogP) is 1.25. The van der Waals surface area contributed by atoms with Crippen molar-refractivity contribution in [2.24, 2.45) is 5.92 Å². The van der Waals surface area contributed by atoms with E-state index >= 15 is 0 Å². The van der Waals surface area contributed by atoms with Gasteiger partial charge < -0.3 is 10.0 Å². The Morgan fingerprint density at radius 3 is 2.76 bits per heavy atom. The molecule has 1 unspecified atom stereocenters. The van der Waals surface area contributed by atoms with Gasteiger partial charge in [0.25, 0.3) is 5.91 Å². The monoisotopic (exact) mass is 386 g/mol. The highest BCUT2D eigenvalue weighted by atomic mass is 35.5. The largest absolute Gasteiger partial charge is 0.396 e. The summed E-state index contributed by atoms with van der Waals surface area (Å²) in [6.07, 6.45) is 1.57. The van der Waals surface area contributed by atoms with E-state index in [-0.39, 0.29) is 46.9 Å². The number of aliphatic hydroxyl groups excluding tert-OH is 1. The van der Waals surface area contributed by atoms with Crippen molar-refractivity contribution in [3.63, 3.8) is 0 Å². The van der Waals surface area contributed by atoms with Crippen molar-refractivity contribution in [1.82, 2.24) is 4.90 Å². The molecular weight excluding hydrogens is 368 g/mol. The number of halogens is 1. The minimum atomic E-state index is -3.70. The summed E-state index contributed by atoms with van der Waals surface area (Å²) in [6, 6.07) is 4.21. The van der Waals surface area contributed by atoms with Gasteiger partial charge in [0.1, 0.15) is 0 Å². The van der Waals surface area contributed by atoms with Crippen LogP contribution in [0.5, 0.6) is 0 Å². The minimum Gasteiger partial charge on any atom is -0.396 e. The van der Waals surface area contributed by atoms with Gasteiger partial charge in [-0.15, -0.1) is 0 Å². The van der Waals surface area contributed by atoms with Crippen molar-refractivity contribution in [3.05, 3.63) is 28.8 Å². The molecule has 2 aliphatic heterocycles. The third-order valence-corrected chi connectivity index (χ3v) is 6.58. The Bertz CT molecular complexity index is 811. The Morgan fingerprint density at radius 2 is 2.12 bits per heavy atom. The molecule has 2 amide bonds. The van der Waals surface area contributed by atoms with Gasteiger partial charge in [-0.3, -0.25) is 9.59 Å². The molecule has 2 saturated heterocycles. The molecule has 2 aliphatic rings. The summed E-state index contributed by atoms with van der Waals surface area (Å²) < 4.78 is 24.9. The first kappa shape index (κ1) is 18.2. The van der Waals surface area contributed by atoms with E-state index in [9.17, 15) is 23.1 Å². The van der Waals surface area contributed by atoms with Crippen LogP contribution in [0.3, 0.4) is 0 Å². The van der Waals surface area contributed by atoms with Crippen LogP contribution < -0.4 is 4.31 Å². The number of carbonyl (C=O) groups is 2. The molecule has 1 atom stereocenters. The zero-order chi connectivity index (χ0) is 18.2. The Morgan fingerprint density at radius 1 is 1.36 bits per heavy atom. The van der Waals surface area contributed by atoms with Crippen molar-refractivity contribution in [2.75, 3.05) is 29.8 Å². The van der Waals surface area contributed by atoms with Gasteiger partial charge in [-0.25, -0.2) is 12.7 Å². The average Bonchev–Trinajstić information content (AvgIpc) is 2.88. The molecule has 0 saturated carbocycles. The fourth-order valence-corrected chi connectivity index (χ4v) is 4.89. The Hall–Kier alpha value is -1.64. The highest BCUT2D eigenvalue weighted by molar-refractivity contribution is 7.94. The number of carbonyl (C=O) groups excluding carboxylic acids is 2. The molecule has 0 bridgehead atoms. The Balaban J connectivity index is 1.92.